The summed E-state index contributed by atoms with van der Waals surface area (Å²) in [6.07, 6.45) is 5.39. The fourth-order valence-corrected chi connectivity index (χ4v) is 4.89. The number of ether oxygens (including phenoxy) is 1. The topological polar surface area (TPSA) is 122 Å². The van der Waals surface area contributed by atoms with Crippen LogP contribution in [0.2, 0.25) is 0 Å². The third kappa shape index (κ3) is 5.95. The number of nitrogens with zero attached hydrogens (tertiary/aromatic N) is 5. The van der Waals surface area contributed by atoms with Crippen molar-refractivity contribution in [1.29, 1.82) is 5.26 Å². The first-order valence-electron chi connectivity index (χ1n) is 12.8. The van der Waals surface area contributed by atoms with Crippen molar-refractivity contribution >= 4 is 11.9 Å². The monoisotopic (exact) mass is 498 g/mol. The van der Waals surface area contributed by atoms with Gasteiger partial charge in [-0.15, -0.1) is 0 Å². The van der Waals surface area contributed by atoms with Crippen LogP contribution in [0.5, 0.6) is 5.75 Å². The number of nitrogens with two attached hydrogens (primary N) is 1. The van der Waals surface area contributed by atoms with E-state index >= 15 is 0 Å². The molecule has 9 nitrogen and oxygen atoms in total. The lowest BCUT2D eigenvalue weighted by Gasteiger charge is -2.30. The highest BCUT2D eigenvalue weighted by Crippen LogP contribution is 2.28. The van der Waals surface area contributed by atoms with Crippen molar-refractivity contribution in [2.24, 2.45) is 11.7 Å². The molecule has 2 unspecified atom stereocenters. The number of amides is 1. The molecule has 3 heterocycles. The minimum Gasteiger partial charge on any atom is -0.493 e. The van der Waals surface area contributed by atoms with Crippen LogP contribution in [0.3, 0.4) is 0 Å². The van der Waals surface area contributed by atoms with Crippen molar-refractivity contribution in [3.05, 3.63) is 35.4 Å². The van der Waals surface area contributed by atoms with Crippen molar-refractivity contribution in [2.75, 3.05) is 31.1 Å². The molecule has 10 heteroatoms. The standard InChI is InChI=1S/C26H35FN6O3/c1-17(2)24-30-26(36-31-24)32-12-9-18(10-13-32)5-4-14-35-20-7-8-21(22(27)15-20)23(29)25(34)33-11-3-6-19(33)16-28/h7-8,15,17-19,23H,3-6,9-14,29H2,1-2H3. The van der Waals surface area contributed by atoms with Crippen molar-refractivity contribution in [3.63, 3.8) is 0 Å². The molecule has 194 valence electrons. The highest BCUT2D eigenvalue weighted by molar-refractivity contribution is 5.84. The Morgan fingerprint density at radius 2 is 2.08 bits per heavy atom. The summed E-state index contributed by atoms with van der Waals surface area (Å²) in [6.45, 7) is 6.84. The van der Waals surface area contributed by atoms with Gasteiger partial charge in [-0.1, -0.05) is 25.1 Å². The highest BCUT2D eigenvalue weighted by Gasteiger charge is 2.33. The fourth-order valence-electron chi connectivity index (χ4n) is 4.89. The number of aromatic nitrogens is 2. The molecular formula is C26H35FN6O3. The maximum absolute atomic E-state index is 14.7. The van der Waals surface area contributed by atoms with Crippen LogP contribution in [-0.4, -0.2) is 53.2 Å². The van der Waals surface area contributed by atoms with Gasteiger partial charge in [0.05, 0.1) is 12.7 Å². The van der Waals surface area contributed by atoms with Gasteiger partial charge in [0.2, 0.25) is 5.91 Å². The van der Waals surface area contributed by atoms with Crippen LogP contribution in [0.15, 0.2) is 22.7 Å². The summed E-state index contributed by atoms with van der Waals surface area (Å²) >= 11 is 0. The van der Waals surface area contributed by atoms with E-state index in [1.807, 2.05) is 13.8 Å². The number of rotatable bonds is 9. The quantitative estimate of drug-likeness (QED) is 0.516. The van der Waals surface area contributed by atoms with E-state index in [9.17, 15) is 14.4 Å². The fraction of sp³-hybridized carbons (Fsp3) is 0.615. The van der Waals surface area contributed by atoms with Crippen LogP contribution in [0.1, 0.15) is 75.7 Å². The number of piperidine rings is 1. The SMILES string of the molecule is CC(C)c1noc(N2CCC(CCCOc3ccc(C(N)C(=O)N4CCCC4C#N)c(F)c3)CC2)n1. The van der Waals surface area contributed by atoms with E-state index in [0.717, 1.165) is 51.0 Å². The summed E-state index contributed by atoms with van der Waals surface area (Å²) in [7, 11) is 0. The first kappa shape index (κ1) is 25.9. The second-order valence-corrected chi connectivity index (χ2v) is 9.99. The summed E-state index contributed by atoms with van der Waals surface area (Å²) in [5.74, 6) is 1.01. The van der Waals surface area contributed by atoms with E-state index in [1.165, 1.54) is 17.0 Å². The van der Waals surface area contributed by atoms with Gasteiger partial charge in [-0.05, 0) is 50.5 Å². The summed E-state index contributed by atoms with van der Waals surface area (Å²) in [5, 5.41) is 13.3. The smallest absolute Gasteiger partial charge is 0.324 e. The summed E-state index contributed by atoms with van der Waals surface area (Å²) in [6, 6.07) is 5.53. The number of carbonyl (C=O) groups excluding carboxylic acids is 1. The van der Waals surface area contributed by atoms with Crippen LogP contribution in [-0.2, 0) is 4.79 Å². The van der Waals surface area contributed by atoms with Crippen molar-refractivity contribution < 1.29 is 18.4 Å². The van der Waals surface area contributed by atoms with Crippen LogP contribution >= 0.6 is 0 Å². The van der Waals surface area contributed by atoms with Crippen LogP contribution < -0.4 is 15.4 Å². The van der Waals surface area contributed by atoms with E-state index in [-0.39, 0.29) is 11.5 Å². The Morgan fingerprint density at radius 3 is 2.75 bits per heavy atom. The van der Waals surface area contributed by atoms with Crippen molar-refractivity contribution in [2.45, 2.75) is 70.4 Å². The van der Waals surface area contributed by atoms with Gasteiger partial charge in [0.25, 0.3) is 0 Å². The first-order valence-corrected chi connectivity index (χ1v) is 12.8. The Balaban J connectivity index is 1.19. The second kappa shape index (κ2) is 11.7. The maximum Gasteiger partial charge on any atom is 0.324 e. The minimum atomic E-state index is -1.14. The molecule has 2 atom stereocenters. The number of anilines is 1. The van der Waals surface area contributed by atoms with Crippen molar-refractivity contribution in [3.8, 4) is 11.8 Å². The number of halogens is 1. The Morgan fingerprint density at radius 1 is 1.31 bits per heavy atom. The molecule has 2 fully saturated rings. The molecule has 1 aromatic carbocycles. The highest BCUT2D eigenvalue weighted by atomic mass is 19.1. The molecule has 2 N–H and O–H groups in total. The lowest BCUT2D eigenvalue weighted by atomic mass is 9.92. The Labute approximate surface area is 211 Å². The third-order valence-electron chi connectivity index (χ3n) is 7.12. The van der Waals surface area contributed by atoms with Gasteiger partial charge in [0.1, 0.15) is 23.7 Å². The van der Waals surface area contributed by atoms with Gasteiger partial charge in [0.15, 0.2) is 5.82 Å². The zero-order valence-corrected chi connectivity index (χ0v) is 21.0. The number of hydrogen-bond acceptors (Lipinski definition) is 8. The average molecular weight is 499 g/mol. The van der Waals surface area contributed by atoms with Crippen molar-refractivity contribution in [1.82, 2.24) is 15.0 Å². The Bertz CT molecular complexity index is 1080. The first-order chi connectivity index (χ1) is 17.4. The number of nitriles is 1. The van der Waals surface area contributed by atoms with Gasteiger partial charge in [-0.25, -0.2) is 4.39 Å². The molecule has 1 amide bonds. The molecule has 0 saturated carbocycles. The minimum absolute atomic E-state index is 0.115. The molecule has 0 radical (unpaired) electrons. The van der Waals surface area contributed by atoms with Gasteiger partial charge in [0, 0.05) is 37.2 Å². The molecular weight excluding hydrogens is 463 g/mol. The molecule has 1 aromatic heterocycles. The largest absolute Gasteiger partial charge is 0.493 e. The predicted octanol–water partition coefficient (Wildman–Crippen LogP) is 3.92. The molecule has 0 aliphatic carbocycles. The lowest BCUT2D eigenvalue weighted by molar-refractivity contribution is -0.132. The predicted molar refractivity (Wildman–Crippen MR) is 132 cm³/mol. The molecule has 2 saturated heterocycles. The van der Waals surface area contributed by atoms with Crippen LogP contribution in [0.4, 0.5) is 10.4 Å². The van der Waals surface area contributed by atoms with E-state index in [2.05, 4.69) is 21.1 Å². The zero-order chi connectivity index (χ0) is 25.7. The Hall–Kier alpha value is -3.19. The molecule has 36 heavy (non-hydrogen) atoms. The van der Waals surface area contributed by atoms with E-state index in [4.69, 9.17) is 15.0 Å². The number of hydrogen-bond donors (Lipinski definition) is 1. The molecule has 0 spiro atoms. The Kier molecular flexibility index (Phi) is 8.41. The van der Waals surface area contributed by atoms with Gasteiger partial charge >= 0.3 is 6.01 Å². The second-order valence-electron chi connectivity index (χ2n) is 9.99. The van der Waals surface area contributed by atoms with Crippen LogP contribution in [0, 0.1) is 23.1 Å². The molecule has 4 rings (SSSR count). The number of likely N-dealkylation sites (tertiary alicyclic amines) is 1. The van der Waals surface area contributed by atoms with E-state index in [1.54, 1.807) is 6.07 Å². The zero-order valence-electron chi connectivity index (χ0n) is 21.0. The summed E-state index contributed by atoms with van der Waals surface area (Å²) in [4.78, 5) is 20.8. The van der Waals surface area contributed by atoms with Gasteiger partial charge in [-0.2, -0.15) is 10.2 Å². The summed E-state index contributed by atoms with van der Waals surface area (Å²) < 4.78 is 25.9. The molecule has 2 aromatic rings. The van der Waals surface area contributed by atoms with Gasteiger partial charge < -0.3 is 24.8 Å². The van der Waals surface area contributed by atoms with Gasteiger partial charge in [-0.3, -0.25) is 4.79 Å². The average Bonchev–Trinajstić information content (AvgIpc) is 3.56. The van der Waals surface area contributed by atoms with E-state index < -0.39 is 23.8 Å². The molecule has 2 aliphatic heterocycles. The molecule has 2 aliphatic rings. The van der Waals surface area contributed by atoms with E-state index in [0.29, 0.717) is 37.3 Å². The number of benzene rings is 1. The molecule has 0 bridgehead atoms. The third-order valence-corrected chi connectivity index (χ3v) is 7.12. The maximum atomic E-state index is 14.7. The normalized spacial score (nSPS) is 19.5. The summed E-state index contributed by atoms with van der Waals surface area (Å²) in [5.41, 5.74) is 6.17. The van der Waals surface area contributed by atoms with Crippen LogP contribution in [0.25, 0.3) is 0 Å². The number of carbonyl (C=O) groups is 1. The lowest BCUT2D eigenvalue weighted by Crippen LogP contribution is -2.41.